The average Bonchev–Trinajstić information content (AvgIpc) is 3.27. The fourth-order valence-electron chi connectivity index (χ4n) is 5.09. The lowest BCUT2D eigenvalue weighted by molar-refractivity contribution is -0.134. The second-order valence-electron chi connectivity index (χ2n) is 9.83. The van der Waals surface area contributed by atoms with E-state index >= 15 is 0 Å². The molecule has 0 unspecified atom stereocenters. The third-order valence-electron chi connectivity index (χ3n) is 7.19. The van der Waals surface area contributed by atoms with Crippen molar-refractivity contribution in [1.29, 1.82) is 0 Å². The van der Waals surface area contributed by atoms with E-state index in [-0.39, 0.29) is 48.9 Å². The summed E-state index contributed by atoms with van der Waals surface area (Å²) in [6, 6.07) is 8.98. The summed E-state index contributed by atoms with van der Waals surface area (Å²) in [5.74, 6) is -0.481. The van der Waals surface area contributed by atoms with Crippen molar-refractivity contribution in [3.8, 4) is 5.75 Å². The number of esters is 1. The number of hydrogen-bond donors (Lipinski definition) is 1. The van der Waals surface area contributed by atoms with Crippen LogP contribution >= 0.6 is 0 Å². The minimum atomic E-state index is -1.20. The van der Waals surface area contributed by atoms with Gasteiger partial charge >= 0.3 is 5.97 Å². The summed E-state index contributed by atoms with van der Waals surface area (Å²) in [5.41, 5.74) is -0.0392. The molecule has 1 N–H and O–H groups in total. The summed E-state index contributed by atoms with van der Waals surface area (Å²) >= 11 is 0. The molecule has 0 saturated heterocycles. The zero-order valence-electron chi connectivity index (χ0n) is 21.4. The first-order valence-electron chi connectivity index (χ1n) is 12.9. The van der Waals surface area contributed by atoms with Gasteiger partial charge in [0.2, 0.25) is 5.91 Å². The maximum Gasteiger partial charge on any atom is 0.358 e. The van der Waals surface area contributed by atoms with Gasteiger partial charge in [0.15, 0.2) is 5.69 Å². The number of aromatic nitrogens is 2. The van der Waals surface area contributed by atoms with Gasteiger partial charge in [-0.15, -0.1) is 0 Å². The van der Waals surface area contributed by atoms with Crippen LogP contribution in [0.5, 0.6) is 5.75 Å². The first kappa shape index (κ1) is 25.7. The third kappa shape index (κ3) is 5.39. The molecule has 9 heteroatoms. The number of benzene rings is 1. The summed E-state index contributed by atoms with van der Waals surface area (Å²) in [5, 5.41) is 7.58. The zero-order chi connectivity index (χ0) is 25.7. The van der Waals surface area contributed by atoms with Crippen molar-refractivity contribution in [2.75, 3.05) is 13.7 Å². The van der Waals surface area contributed by atoms with Crippen LogP contribution in [-0.4, -0.2) is 57.8 Å². The Morgan fingerprint density at radius 2 is 1.86 bits per heavy atom. The molecule has 1 aliphatic heterocycles. The summed E-state index contributed by atoms with van der Waals surface area (Å²) in [4.78, 5) is 41.5. The summed E-state index contributed by atoms with van der Waals surface area (Å²) in [7, 11) is 1.59. The minimum absolute atomic E-state index is 0.0613. The van der Waals surface area contributed by atoms with E-state index in [1.54, 1.807) is 25.9 Å². The van der Waals surface area contributed by atoms with E-state index in [0.717, 1.165) is 31.2 Å². The van der Waals surface area contributed by atoms with Gasteiger partial charge in [-0.05, 0) is 44.4 Å². The number of nitrogens with one attached hydrogen (secondary N) is 1. The number of carbonyl (C=O) groups excluding carboxylic acids is 3. The Hall–Kier alpha value is -3.36. The maximum atomic E-state index is 13.8. The number of fused-ring (bicyclic) bond motifs is 1. The van der Waals surface area contributed by atoms with Crippen molar-refractivity contribution in [2.45, 2.75) is 83.5 Å². The van der Waals surface area contributed by atoms with E-state index in [1.165, 1.54) is 30.0 Å². The second-order valence-corrected chi connectivity index (χ2v) is 9.83. The van der Waals surface area contributed by atoms with Crippen molar-refractivity contribution in [1.82, 2.24) is 20.0 Å². The smallest absolute Gasteiger partial charge is 0.358 e. The predicted molar refractivity (Wildman–Crippen MR) is 134 cm³/mol. The van der Waals surface area contributed by atoms with Gasteiger partial charge in [-0.3, -0.25) is 14.3 Å². The largest absolute Gasteiger partial charge is 0.497 e. The average molecular weight is 497 g/mol. The Morgan fingerprint density at radius 1 is 1.14 bits per heavy atom. The van der Waals surface area contributed by atoms with Crippen molar-refractivity contribution in [3.63, 3.8) is 0 Å². The fourth-order valence-corrected chi connectivity index (χ4v) is 5.09. The number of carbonyl (C=O) groups is 3. The highest BCUT2D eigenvalue weighted by Crippen LogP contribution is 2.31. The van der Waals surface area contributed by atoms with Gasteiger partial charge in [-0.2, -0.15) is 5.10 Å². The number of ether oxygens (including phenoxy) is 2. The molecule has 0 bridgehead atoms. The Labute approximate surface area is 212 Å². The van der Waals surface area contributed by atoms with Crippen molar-refractivity contribution in [2.24, 2.45) is 0 Å². The number of methoxy groups -OCH3 is 1. The van der Waals surface area contributed by atoms with E-state index in [0.29, 0.717) is 5.75 Å². The summed E-state index contributed by atoms with van der Waals surface area (Å²) in [6.45, 7) is 4.04. The summed E-state index contributed by atoms with van der Waals surface area (Å²) in [6.07, 6.45) is 7.64. The highest BCUT2D eigenvalue weighted by molar-refractivity contribution is 6.01. The van der Waals surface area contributed by atoms with Crippen LogP contribution in [-0.2, 0) is 22.6 Å². The quantitative estimate of drug-likeness (QED) is 0.586. The SMILES string of the molecule is CCOC(=O)c1cc2n(n1)C[C@@](C)(C(=O)NC1CCCCCCC1)N(Cc1cccc(OC)c1)C2=O. The van der Waals surface area contributed by atoms with Gasteiger partial charge in [0.05, 0.1) is 20.3 Å². The lowest BCUT2D eigenvalue weighted by Gasteiger charge is -2.44. The highest BCUT2D eigenvalue weighted by Gasteiger charge is 2.48. The first-order chi connectivity index (χ1) is 17.4. The number of rotatable bonds is 7. The van der Waals surface area contributed by atoms with E-state index in [2.05, 4.69) is 10.4 Å². The van der Waals surface area contributed by atoms with Crippen LogP contribution < -0.4 is 10.1 Å². The maximum absolute atomic E-state index is 13.8. The highest BCUT2D eigenvalue weighted by atomic mass is 16.5. The number of hydrogen-bond acceptors (Lipinski definition) is 6. The molecule has 1 aromatic heterocycles. The van der Waals surface area contributed by atoms with Crippen molar-refractivity contribution >= 4 is 17.8 Å². The Kier molecular flexibility index (Phi) is 7.96. The van der Waals surface area contributed by atoms with Gasteiger partial charge in [0.25, 0.3) is 5.91 Å². The topological polar surface area (TPSA) is 103 Å². The molecule has 1 saturated carbocycles. The Bertz CT molecular complexity index is 1110. The van der Waals surface area contributed by atoms with E-state index in [4.69, 9.17) is 9.47 Å². The van der Waals surface area contributed by atoms with Crippen LogP contribution in [0.2, 0.25) is 0 Å². The van der Waals surface area contributed by atoms with Gasteiger partial charge in [-0.25, -0.2) is 4.79 Å². The molecule has 36 heavy (non-hydrogen) atoms. The molecule has 2 aromatic rings. The molecule has 1 aromatic carbocycles. The molecule has 0 spiro atoms. The van der Waals surface area contributed by atoms with Crippen LogP contribution in [0.15, 0.2) is 30.3 Å². The summed E-state index contributed by atoms with van der Waals surface area (Å²) < 4.78 is 11.9. The van der Waals surface area contributed by atoms with Crippen molar-refractivity contribution in [3.05, 3.63) is 47.3 Å². The fraction of sp³-hybridized carbons (Fsp3) is 0.556. The van der Waals surface area contributed by atoms with E-state index in [1.807, 2.05) is 24.3 Å². The standard InChI is InChI=1S/C27H36N4O5/c1-4-36-25(33)22-16-23-24(32)30(17-19-11-10-14-21(15-19)35-3)27(2,18-31(23)29-22)26(34)28-20-12-8-6-5-7-9-13-20/h10-11,14-16,20H,4-9,12-13,17-18H2,1-3H3,(H,28,34)/t27-/m0/s1. The lowest BCUT2D eigenvalue weighted by Crippen LogP contribution is -2.64. The Balaban J connectivity index is 1.67. The molecule has 2 heterocycles. The van der Waals surface area contributed by atoms with Crippen LogP contribution in [0.4, 0.5) is 0 Å². The zero-order valence-corrected chi connectivity index (χ0v) is 21.4. The minimum Gasteiger partial charge on any atom is -0.497 e. The van der Waals surface area contributed by atoms with Gasteiger partial charge < -0.3 is 19.7 Å². The predicted octanol–water partition coefficient (Wildman–Crippen LogP) is 3.71. The van der Waals surface area contributed by atoms with E-state index < -0.39 is 11.5 Å². The first-order valence-corrected chi connectivity index (χ1v) is 12.9. The molecule has 2 amide bonds. The van der Waals surface area contributed by atoms with Crippen LogP contribution in [0.1, 0.15) is 85.3 Å². The molecule has 0 radical (unpaired) electrons. The molecule has 1 atom stereocenters. The second kappa shape index (κ2) is 11.1. The van der Waals surface area contributed by atoms with Gasteiger partial charge in [0, 0.05) is 18.7 Å². The van der Waals surface area contributed by atoms with Gasteiger partial charge in [0.1, 0.15) is 17.0 Å². The Morgan fingerprint density at radius 3 is 2.56 bits per heavy atom. The molecule has 9 nitrogen and oxygen atoms in total. The van der Waals surface area contributed by atoms with Crippen LogP contribution in [0.25, 0.3) is 0 Å². The van der Waals surface area contributed by atoms with Gasteiger partial charge in [-0.1, -0.05) is 44.2 Å². The molecular formula is C27H36N4O5. The molecule has 1 aliphatic carbocycles. The van der Waals surface area contributed by atoms with E-state index in [9.17, 15) is 14.4 Å². The third-order valence-corrected chi connectivity index (χ3v) is 7.19. The number of nitrogens with zero attached hydrogens (tertiary/aromatic N) is 3. The molecule has 194 valence electrons. The van der Waals surface area contributed by atoms with Crippen molar-refractivity contribution < 1.29 is 23.9 Å². The molecular weight excluding hydrogens is 460 g/mol. The monoisotopic (exact) mass is 496 g/mol. The van der Waals surface area contributed by atoms with Crippen LogP contribution in [0, 0.1) is 0 Å². The molecule has 4 rings (SSSR count). The normalized spacial score (nSPS) is 20.8. The molecule has 2 aliphatic rings. The molecule has 1 fully saturated rings. The lowest BCUT2D eigenvalue weighted by atomic mass is 9.91. The van der Waals surface area contributed by atoms with Crippen LogP contribution in [0.3, 0.4) is 0 Å². The number of amides is 2.